The summed E-state index contributed by atoms with van der Waals surface area (Å²) in [6.07, 6.45) is 4.68. The lowest BCUT2D eigenvalue weighted by Gasteiger charge is -2.42. The van der Waals surface area contributed by atoms with Gasteiger partial charge in [-0.3, -0.25) is 4.79 Å². The number of fused-ring (bicyclic) bond motifs is 1. The Balaban J connectivity index is 1.47. The van der Waals surface area contributed by atoms with Crippen molar-refractivity contribution in [1.82, 2.24) is 4.90 Å². The fourth-order valence-electron chi connectivity index (χ4n) is 4.09. The first kappa shape index (κ1) is 16.1. The number of aryl methyl sites for hydroxylation is 1. The smallest absolute Gasteiger partial charge is 0.225 e. The van der Waals surface area contributed by atoms with Gasteiger partial charge < -0.3 is 10.2 Å². The summed E-state index contributed by atoms with van der Waals surface area (Å²) >= 11 is 0. The number of hydrogen-bond donors (Lipinski definition) is 1. The Morgan fingerprint density at radius 1 is 1.08 bits per heavy atom. The minimum atomic E-state index is -0.242. The normalized spacial score (nSPS) is 23.1. The summed E-state index contributed by atoms with van der Waals surface area (Å²) in [5.74, 6) is -0.0588. The van der Waals surface area contributed by atoms with Crippen molar-refractivity contribution in [1.29, 1.82) is 0 Å². The van der Waals surface area contributed by atoms with Crippen LogP contribution in [0.2, 0.25) is 0 Å². The van der Waals surface area contributed by atoms with Crippen LogP contribution in [0.1, 0.15) is 36.8 Å². The zero-order valence-corrected chi connectivity index (χ0v) is 14.3. The first-order valence-corrected chi connectivity index (χ1v) is 9.02. The van der Waals surface area contributed by atoms with Gasteiger partial charge in [0.15, 0.2) is 0 Å². The van der Waals surface area contributed by atoms with Gasteiger partial charge in [-0.05, 0) is 55.0 Å². The van der Waals surface area contributed by atoms with E-state index in [-0.39, 0.29) is 17.3 Å². The molecule has 0 radical (unpaired) electrons. The third-order valence-electron chi connectivity index (χ3n) is 5.51. The maximum Gasteiger partial charge on any atom is 0.225 e. The molecular weight excluding hydrogens is 315 g/mol. The predicted molar refractivity (Wildman–Crippen MR) is 96.8 cm³/mol. The molecule has 1 fully saturated rings. The minimum Gasteiger partial charge on any atom is -0.379 e. The molecule has 4 heteroatoms. The van der Waals surface area contributed by atoms with Crippen LogP contribution >= 0.6 is 0 Å². The van der Waals surface area contributed by atoms with Gasteiger partial charge in [-0.2, -0.15) is 0 Å². The number of amides is 1. The maximum absolute atomic E-state index is 13.1. The van der Waals surface area contributed by atoms with Crippen molar-refractivity contribution in [2.24, 2.45) is 0 Å². The van der Waals surface area contributed by atoms with Gasteiger partial charge in [0.05, 0.1) is 0 Å². The van der Waals surface area contributed by atoms with Crippen LogP contribution in [-0.4, -0.2) is 22.9 Å². The molecule has 2 aromatic rings. The topological polar surface area (TPSA) is 32.3 Å². The fourth-order valence-corrected chi connectivity index (χ4v) is 4.09. The van der Waals surface area contributed by atoms with E-state index in [1.165, 1.54) is 23.4 Å². The van der Waals surface area contributed by atoms with Gasteiger partial charge in [0.25, 0.3) is 0 Å². The molecule has 0 bridgehead atoms. The molecule has 0 saturated carbocycles. The van der Waals surface area contributed by atoms with Crippen molar-refractivity contribution < 1.29 is 9.18 Å². The number of carbonyl (C=O) groups is 1. The van der Waals surface area contributed by atoms with Crippen LogP contribution < -0.4 is 5.32 Å². The second kappa shape index (κ2) is 6.51. The van der Waals surface area contributed by atoms with Crippen LogP contribution in [0.25, 0.3) is 0 Å². The van der Waals surface area contributed by atoms with Gasteiger partial charge >= 0.3 is 0 Å². The summed E-state index contributed by atoms with van der Waals surface area (Å²) in [5, 5.41) is 3.70. The average Bonchev–Trinajstić information content (AvgIpc) is 2.78. The summed E-state index contributed by atoms with van der Waals surface area (Å²) in [4.78, 5) is 14.7. The molecule has 1 atom stereocenters. The number of nitrogens with one attached hydrogen (secondary N) is 1. The Labute approximate surface area is 147 Å². The second-order valence-electron chi connectivity index (χ2n) is 7.28. The van der Waals surface area contributed by atoms with Crippen molar-refractivity contribution in [3.63, 3.8) is 0 Å². The minimum absolute atomic E-state index is 0.122. The largest absolute Gasteiger partial charge is 0.379 e. The van der Waals surface area contributed by atoms with Crippen molar-refractivity contribution in [2.45, 2.75) is 44.2 Å². The molecule has 1 amide bonds. The number of nitrogens with zero attached hydrogens (tertiary/aromatic N) is 1. The molecule has 25 heavy (non-hydrogen) atoms. The molecule has 0 aliphatic carbocycles. The Bertz CT molecular complexity index is 774. The highest BCUT2D eigenvalue weighted by atomic mass is 19.1. The molecule has 1 spiro atoms. The van der Waals surface area contributed by atoms with E-state index in [0.717, 1.165) is 37.8 Å². The number of hydrogen-bond acceptors (Lipinski definition) is 2. The number of para-hydroxylation sites is 1. The third kappa shape index (κ3) is 3.39. The highest BCUT2D eigenvalue weighted by Crippen LogP contribution is 2.37. The first-order valence-electron chi connectivity index (χ1n) is 9.02. The van der Waals surface area contributed by atoms with E-state index in [1.807, 2.05) is 4.90 Å². The van der Waals surface area contributed by atoms with Crippen molar-refractivity contribution in [2.75, 3.05) is 11.9 Å². The van der Waals surface area contributed by atoms with Gasteiger partial charge in [0.2, 0.25) is 5.91 Å². The Morgan fingerprint density at radius 3 is 2.68 bits per heavy atom. The van der Waals surface area contributed by atoms with E-state index in [0.29, 0.717) is 13.0 Å². The zero-order valence-electron chi connectivity index (χ0n) is 14.3. The summed E-state index contributed by atoms with van der Waals surface area (Å²) in [6, 6.07) is 14.8. The Kier molecular flexibility index (Phi) is 4.20. The van der Waals surface area contributed by atoms with Crippen molar-refractivity contribution >= 4 is 11.6 Å². The maximum atomic E-state index is 13.1. The first-order chi connectivity index (χ1) is 12.1. The molecular formula is C21H23FN2O. The lowest BCUT2D eigenvalue weighted by Crippen LogP contribution is -2.51. The molecule has 1 N–H and O–H groups in total. The van der Waals surface area contributed by atoms with Gasteiger partial charge in [-0.25, -0.2) is 4.39 Å². The third-order valence-corrected chi connectivity index (χ3v) is 5.51. The number of benzene rings is 2. The van der Waals surface area contributed by atoms with E-state index in [2.05, 4.69) is 29.6 Å². The van der Waals surface area contributed by atoms with E-state index in [4.69, 9.17) is 0 Å². The number of piperidine rings is 1. The lowest BCUT2D eigenvalue weighted by molar-refractivity contribution is -0.136. The number of halogens is 1. The number of rotatable bonds is 2. The SMILES string of the molecule is O=C1CC2(CCCc3ccccc3N2)CCN1Cc1ccc(F)cc1. The van der Waals surface area contributed by atoms with Gasteiger partial charge in [0, 0.05) is 30.7 Å². The molecule has 130 valence electrons. The molecule has 0 aromatic heterocycles. The highest BCUT2D eigenvalue weighted by molar-refractivity contribution is 5.79. The van der Waals surface area contributed by atoms with E-state index >= 15 is 0 Å². The Morgan fingerprint density at radius 2 is 1.88 bits per heavy atom. The number of carbonyl (C=O) groups excluding carboxylic acids is 1. The summed E-state index contributed by atoms with van der Waals surface area (Å²) in [5.41, 5.74) is 3.38. The average molecular weight is 338 g/mol. The van der Waals surface area contributed by atoms with Gasteiger partial charge in [0.1, 0.15) is 5.82 Å². The quantitative estimate of drug-likeness (QED) is 0.893. The highest BCUT2D eigenvalue weighted by Gasteiger charge is 2.39. The molecule has 4 rings (SSSR count). The fraction of sp³-hybridized carbons (Fsp3) is 0.381. The van der Waals surface area contributed by atoms with Crippen LogP contribution in [0.3, 0.4) is 0 Å². The van der Waals surface area contributed by atoms with Crippen LogP contribution in [0.5, 0.6) is 0 Å². The van der Waals surface area contributed by atoms with Gasteiger partial charge in [-0.15, -0.1) is 0 Å². The van der Waals surface area contributed by atoms with Gasteiger partial charge in [-0.1, -0.05) is 30.3 Å². The van der Waals surface area contributed by atoms with Crippen LogP contribution in [0.4, 0.5) is 10.1 Å². The summed E-state index contributed by atoms with van der Waals surface area (Å²) in [6.45, 7) is 1.30. The number of anilines is 1. The van der Waals surface area contributed by atoms with E-state index in [1.54, 1.807) is 12.1 Å². The standard InChI is InChI=1S/C21H23FN2O/c22-18-9-7-16(8-10-18)15-24-13-12-21(14-20(24)25)11-3-5-17-4-1-2-6-19(17)23-21/h1-2,4,6-10,23H,3,5,11-15H2. The summed E-state index contributed by atoms with van der Waals surface area (Å²) < 4.78 is 13.1. The number of likely N-dealkylation sites (tertiary alicyclic amines) is 1. The monoisotopic (exact) mass is 338 g/mol. The van der Waals surface area contributed by atoms with Crippen molar-refractivity contribution in [3.8, 4) is 0 Å². The Hall–Kier alpha value is -2.36. The molecule has 1 saturated heterocycles. The summed E-state index contributed by atoms with van der Waals surface area (Å²) in [7, 11) is 0. The molecule has 3 nitrogen and oxygen atoms in total. The lowest BCUT2D eigenvalue weighted by atomic mass is 9.83. The van der Waals surface area contributed by atoms with Crippen LogP contribution in [0.15, 0.2) is 48.5 Å². The van der Waals surface area contributed by atoms with Crippen molar-refractivity contribution in [3.05, 3.63) is 65.5 Å². The zero-order chi connectivity index (χ0) is 17.3. The molecule has 2 aromatic carbocycles. The van der Waals surface area contributed by atoms with E-state index < -0.39 is 0 Å². The van der Waals surface area contributed by atoms with E-state index in [9.17, 15) is 9.18 Å². The van der Waals surface area contributed by atoms with Crippen LogP contribution in [-0.2, 0) is 17.8 Å². The molecule has 2 aliphatic heterocycles. The molecule has 1 unspecified atom stereocenters. The predicted octanol–water partition coefficient (Wildman–Crippen LogP) is 4.14. The second-order valence-corrected chi connectivity index (χ2v) is 7.28. The molecule has 2 aliphatic rings. The van der Waals surface area contributed by atoms with Crippen LogP contribution in [0, 0.1) is 5.82 Å². The molecule has 2 heterocycles.